The van der Waals surface area contributed by atoms with E-state index >= 15 is 17.6 Å². The molecule has 35 heavy (non-hydrogen) atoms. The molecule has 0 N–H and O–H groups in total. The van der Waals surface area contributed by atoms with Crippen molar-refractivity contribution in [1.82, 2.24) is 0 Å². The number of fused-ring (bicyclic) bond motifs is 2. The Morgan fingerprint density at radius 3 is 1.69 bits per heavy atom. The maximum Gasteiger partial charge on any atom is 0.198 e. The van der Waals surface area contributed by atoms with E-state index in [0.717, 1.165) is 31.4 Å². The third kappa shape index (κ3) is 3.39. The van der Waals surface area contributed by atoms with Crippen LogP contribution in [0.3, 0.4) is 0 Å². The highest BCUT2D eigenvalue weighted by atomic mass is 19.2. The lowest BCUT2D eigenvalue weighted by Crippen LogP contribution is -2.04. The molecule has 5 aromatic rings. The lowest BCUT2D eigenvalue weighted by molar-refractivity contribution is 0.407. The van der Waals surface area contributed by atoms with Gasteiger partial charge >= 0.3 is 0 Å². The number of hydrogen-bond acceptors (Lipinski definition) is 1. The largest absolute Gasteiger partial charge is 0.497 e. The van der Waals surface area contributed by atoms with E-state index in [2.05, 4.69) is 0 Å². The van der Waals surface area contributed by atoms with Gasteiger partial charge in [0.2, 0.25) is 0 Å². The first-order valence-electron chi connectivity index (χ1n) is 10.2. The van der Waals surface area contributed by atoms with Gasteiger partial charge in [0, 0.05) is 34.0 Å². The van der Waals surface area contributed by atoms with Crippen LogP contribution >= 0.6 is 0 Å². The Morgan fingerprint density at radius 1 is 0.543 bits per heavy atom. The first-order chi connectivity index (χ1) is 16.7. The van der Waals surface area contributed by atoms with Gasteiger partial charge in [0.15, 0.2) is 23.3 Å². The average Bonchev–Trinajstić information content (AvgIpc) is 2.85. The first-order valence-corrected chi connectivity index (χ1v) is 10.2. The van der Waals surface area contributed by atoms with Gasteiger partial charge in [-0.25, -0.2) is 30.7 Å². The smallest absolute Gasteiger partial charge is 0.198 e. The summed E-state index contributed by atoms with van der Waals surface area (Å²) in [6, 6.07) is 12.5. The summed E-state index contributed by atoms with van der Waals surface area (Å²) in [5.74, 6) is -11.5. The number of methoxy groups -OCH3 is 1. The summed E-state index contributed by atoms with van der Waals surface area (Å²) >= 11 is 0. The second-order valence-electron chi connectivity index (χ2n) is 7.78. The molecule has 0 aliphatic carbocycles. The molecule has 0 radical (unpaired) electrons. The molecule has 176 valence electrons. The molecule has 0 atom stereocenters. The van der Waals surface area contributed by atoms with E-state index in [1.807, 2.05) is 0 Å². The Bertz CT molecular complexity index is 1620. The Hall–Kier alpha value is -4.07. The number of rotatable bonds is 3. The molecule has 0 spiro atoms. The highest BCUT2D eigenvalue weighted by molar-refractivity contribution is 6.21. The fourth-order valence-corrected chi connectivity index (χ4v) is 4.38. The van der Waals surface area contributed by atoms with Crippen LogP contribution in [0.1, 0.15) is 0 Å². The van der Waals surface area contributed by atoms with Crippen molar-refractivity contribution >= 4 is 21.5 Å². The average molecular weight is 486 g/mol. The van der Waals surface area contributed by atoms with E-state index < -0.39 is 62.6 Å². The minimum atomic E-state index is -2.17. The third-order valence-corrected chi connectivity index (χ3v) is 5.85. The van der Waals surface area contributed by atoms with Gasteiger partial charge in [-0.2, -0.15) is 0 Å². The molecule has 0 unspecified atom stereocenters. The van der Waals surface area contributed by atoms with Crippen LogP contribution < -0.4 is 4.74 Å². The predicted molar refractivity (Wildman–Crippen MR) is 119 cm³/mol. The maximum absolute atomic E-state index is 15.4. The summed E-state index contributed by atoms with van der Waals surface area (Å²) in [5.41, 5.74) is -1.37. The Balaban J connectivity index is 2.14. The normalized spacial score (nSPS) is 11.4. The second kappa shape index (κ2) is 8.30. The summed E-state index contributed by atoms with van der Waals surface area (Å²) < 4.78 is 109. The third-order valence-electron chi connectivity index (χ3n) is 5.85. The molecule has 5 rings (SSSR count). The Kier molecular flexibility index (Phi) is 5.39. The second-order valence-corrected chi connectivity index (χ2v) is 7.78. The number of benzene rings is 5. The number of halogens is 7. The van der Waals surface area contributed by atoms with Crippen molar-refractivity contribution < 1.29 is 35.5 Å². The van der Waals surface area contributed by atoms with Gasteiger partial charge in [0.05, 0.1) is 12.7 Å². The zero-order valence-electron chi connectivity index (χ0n) is 17.8. The van der Waals surface area contributed by atoms with E-state index in [1.165, 1.54) is 18.2 Å². The molecule has 0 saturated heterocycles. The molecule has 0 amide bonds. The zero-order chi connectivity index (χ0) is 25.0. The van der Waals surface area contributed by atoms with Crippen molar-refractivity contribution in [1.29, 1.82) is 0 Å². The van der Waals surface area contributed by atoms with E-state index in [9.17, 15) is 13.2 Å². The molecule has 0 aliphatic heterocycles. The summed E-state index contributed by atoms with van der Waals surface area (Å²) in [7, 11) is 1.16. The van der Waals surface area contributed by atoms with E-state index in [0.29, 0.717) is 0 Å². The first kappa shape index (κ1) is 22.7. The van der Waals surface area contributed by atoms with Crippen molar-refractivity contribution in [3.05, 3.63) is 101 Å². The van der Waals surface area contributed by atoms with Crippen molar-refractivity contribution in [2.24, 2.45) is 0 Å². The van der Waals surface area contributed by atoms with Gasteiger partial charge in [-0.1, -0.05) is 36.4 Å². The summed E-state index contributed by atoms with van der Waals surface area (Å²) in [6.07, 6.45) is 0. The molecule has 8 heteroatoms. The van der Waals surface area contributed by atoms with Crippen molar-refractivity contribution in [2.45, 2.75) is 0 Å². The van der Waals surface area contributed by atoms with Crippen LogP contribution in [0, 0.1) is 40.7 Å². The van der Waals surface area contributed by atoms with Gasteiger partial charge in [-0.15, -0.1) is 0 Å². The van der Waals surface area contributed by atoms with Crippen LogP contribution in [0.4, 0.5) is 30.7 Å². The standard InChI is InChI=1S/C27H13F7O/c1-35-14-10-17(29)21(18(30)11-14)20-16-9-13(28)7-8-15(16)19(12-5-3-2-4-6-12)22-23(20)25(32)27(34)26(33)24(22)31/h2-11H,1H3. The molecule has 0 aliphatic rings. The quantitative estimate of drug-likeness (QED) is 0.108. The molecule has 5 aromatic carbocycles. The van der Waals surface area contributed by atoms with Gasteiger partial charge in [-0.05, 0) is 28.5 Å². The summed E-state index contributed by atoms with van der Waals surface area (Å²) in [5, 5.41) is -1.86. The van der Waals surface area contributed by atoms with Crippen LogP contribution in [0.2, 0.25) is 0 Å². The zero-order valence-corrected chi connectivity index (χ0v) is 17.8. The topological polar surface area (TPSA) is 9.23 Å². The maximum atomic E-state index is 15.4. The minimum Gasteiger partial charge on any atom is -0.497 e. The van der Waals surface area contributed by atoms with Crippen LogP contribution in [-0.2, 0) is 0 Å². The highest BCUT2D eigenvalue weighted by Gasteiger charge is 2.30. The molecule has 0 aromatic heterocycles. The monoisotopic (exact) mass is 486 g/mol. The Labute approximate surface area is 194 Å². The molecule has 0 heterocycles. The fraction of sp³-hybridized carbons (Fsp3) is 0.0370. The molecular formula is C27H13F7O. The number of hydrogen-bond donors (Lipinski definition) is 0. The number of ether oxygens (including phenoxy) is 1. The molecule has 0 fully saturated rings. The van der Waals surface area contributed by atoms with Crippen molar-refractivity contribution in [3.8, 4) is 28.0 Å². The van der Waals surface area contributed by atoms with Crippen LogP contribution in [0.5, 0.6) is 5.75 Å². The van der Waals surface area contributed by atoms with E-state index in [-0.39, 0.29) is 27.6 Å². The van der Waals surface area contributed by atoms with Crippen LogP contribution in [0.25, 0.3) is 43.8 Å². The Morgan fingerprint density at radius 2 is 1.11 bits per heavy atom. The molecule has 1 nitrogen and oxygen atoms in total. The van der Waals surface area contributed by atoms with Gasteiger partial charge in [-0.3, -0.25) is 0 Å². The summed E-state index contributed by atoms with van der Waals surface area (Å²) in [6.45, 7) is 0. The van der Waals surface area contributed by atoms with Gasteiger partial charge in [0.25, 0.3) is 0 Å². The van der Waals surface area contributed by atoms with Crippen LogP contribution in [0.15, 0.2) is 60.7 Å². The van der Waals surface area contributed by atoms with Crippen LogP contribution in [-0.4, -0.2) is 7.11 Å². The predicted octanol–water partition coefficient (Wildman–Crippen LogP) is 8.31. The highest BCUT2D eigenvalue weighted by Crippen LogP contribution is 2.48. The lowest BCUT2D eigenvalue weighted by atomic mass is 9.85. The lowest BCUT2D eigenvalue weighted by Gasteiger charge is -2.20. The van der Waals surface area contributed by atoms with Crippen molar-refractivity contribution in [3.63, 3.8) is 0 Å². The SMILES string of the molecule is COc1cc(F)c(-c2c3cc(F)ccc3c(-c3ccccc3)c3c(F)c(F)c(F)c(F)c23)c(F)c1. The van der Waals surface area contributed by atoms with Gasteiger partial charge < -0.3 is 4.74 Å². The van der Waals surface area contributed by atoms with Gasteiger partial charge in [0.1, 0.15) is 23.2 Å². The molecule has 0 bridgehead atoms. The van der Waals surface area contributed by atoms with E-state index in [1.54, 1.807) is 18.2 Å². The van der Waals surface area contributed by atoms with E-state index in [4.69, 9.17) is 4.74 Å². The summed E-state index contributed by atoms with van der Waals surface area (Å²) in [4.78, 5) is 0. The molecular weight excluding hydrogens is 473 g/mol. The molecule has 0 saturated carbocycles. The fourth-order valence-electron chi connectivity index (χ4n) is 4.38. The minimum absolute atomic E-state index is 0.0408. The van der Waals surface area contributed by atoms with Crippen molar-refractivity contribution in [2.75, 3.05) is 7.11 Å².